The van der Waals surface area contributed by atoms with Gasteiger partial charge in [0.15, 0.2) is 0 Å². The largest absolute Gasteiger partial charge is 0.340 e. The highest BCUT2D eigenvalue weighted by Gasteiger charge is 2.36. The van der Waals surface area contributed by atoms with E-state index < -0.39 is 0 Å². The Morgan fingerprint density at radius 3 is 2.80 bits per heavy atom. The van der Waals surface area contributed by atoms with Crippen LogP contribution in [0.2, 0.25) is 0 Å². The van der Waals surface area contributed by atoms with Gasteiger partial charge in [-0.1, -0.05) is 12.8 Å². The summed E-state index contributed by atoms with van der Waals surface area (Å²) in [4.78, 5) is 7.40. The fraction of sp³-hybridized carbons (Fsp3) is 0.812. The molecule has 1 saturated carbocycles. The molecule has 110 valence electrons. The summed E-state index contributed by atoms with van der Waals surface area (Å²) >= 11 is 0. The Bertz CT molecular complexity index is 461. The van der Waals surface area contributed by atoms with Crippen molar-refractivity contribution in [3.8, 4) is 0 Å². The highest BCUT2D eigenvalue weighted by molar-refractivity contribution is 5.37. The SMILES string of the molecule is Cc1cn(C2CCCC2)c(N2CC3CCCNC3C2)n1. The number of rotatable bonds is 2. The van der Waals surface area contributed by atoms with E-state index in [1.54, 1.807) is 0 Å². The van der Waals surface area contributed by atoms with Crippen molar-refractivity contribution >= 4 is 5.95 Å². The third-order valence-corrected chi connectivity index (χ3v) is 5.43. The highest BCUT2D eigenvalue weighted by Crippen LogP contribution is 2.35. The van der Waals surface area contributed by atoms with Crippen LogP contribution in [0.3, 0.4) is 0 Å². The fourth-order valence-corrected chi connectivity index (χ4v) is 4.40. The van der Waals surface area contributed by atoms with E-state index in [1.165, 1.54) is 63.3 Å². The standard InChI is InChI=1S/C16H26N4/c1-12-9-20(14-6-2-3-7-14)16(18-12)19-10-13-5-4-8-17-15(13)11-19/h9,13-15,17H,2-8,10-11H2,1H3. The Labute approximate surface area is 121 Å². The molecule has 20 heavy (non-hydrogen) atoms. The Kier molecular flexibility index (Phi) is 3.21. The molecule has 3 heterocycles. The summed E-state index contributed by atoms with van der Waals surface area (Å²) in [6, 6.07) is 1.39. The first-order valence-electron chi connectivity index (χ1n) is 8.35. The number of nitrogens with zero attached hydrogens (tertiary/aromatic N) is 3. The van der Waals surface area contributed by atoms with Crippen LogP contribution in [0.4, 0.5) is 5.95 Å². The Morgan fingerprint density at radius 2 is 2.00 bits per heavy atom. The van der Waals surface area contributed by atoms with Crippen molar-refractivity contribution in [3.63, 3.8) is 0 Å². The van der Waals surface area contributed by atoms with Crippen molar-refractivity contribution in [3.05, 3.63) is 11.9 Å². The van der Waals surface area contributed by atoms with E-state index in [0.717, 1.165) is 12.5 Å². The number of fused-ring (bicyclic) bond motifs is 1. The molecule has 0 radical (unpaired) electrons. The molecule has 1 aliphatic carbocycles. The van der Waals surface area contributed by atoms with Gasteiger partial charge in [-0.05, 0) is 45.1 Å². The minimum absolute atomic E-state index is 0.692. The molecule has 4 heteroatoms. The van der Waals surface area contributed by atoms with Crippen LogP contribution in [-0.2, 0) is 0 Å². The topological polar surface area (TPSA) is 33.1 Å². The van der Waals surface area contributed by atoms with Gasteiger partial charge in [0.2, 0.25) is 5.95 Å². The van der Waals surface area contributed by atoms with E-state index in [9.17, 15) is 0 Å². The van der Waals surface area contributed by atoms with Gasteiger partial charge in [-0.2, -0.15) is 0 Å². The summed E-state index contributed by atoms with van der Waals surface area (Å²) in [7, 11) is 0. The molecular formula is C16H26N4. The Balaban J connectivity index is 1.58. The van der Waals surface area contributed by atoms with E-state index >= 15 is 0 Å². The number of hydrogen-bond acceptors (Lipinski definition) is 3. The van der Waals surface area contributed by atoms with Crippen LogP contribution in [-0.4, -0.2) is 35.2 Å². The monoisotopic (exact) mass is 274 g/mol. The predicted molar refractivity (Wildman–Crippen MR) is 81.2 cm³/mol. The van der Waals surface area contributed by atoms with Gasteiger partial charge < -0.3 is 14.8 Å². The van der Waals surface area contributed by atoms with Gasteiger partial charge in [-0.15, -0.1) is 0 Å². The molecule has 0 bridgehead atoms. The molecule has 3 fully saturated rings. The molecule has 4 rings (SSSR count). The van der Waals surface area contributed by atoms with E-state index in [2.05, 4.69) is 27.9 Å². The predicted octanol–water partition coefficient (Wildman–Crippen LogP) is 2.49. The summed E-state index contributed by atoms with van der Waals surface area (Å²) in [6.07, 6.45) is 10.4. The second-order valence-corrected chi connectivity index (χ2v) is 6.90. The second kappa shape index (κ2) is 5.06. The second-order valence-electron chi connectivity index (χ2n) is 6.90. The van der Waals surface area contributed by atoms with Crippen LogP contribution in [0, 0.1) is 12.8 Å². The molecule has 2 unspecified atom stereocenters. The van der Waals surface area contributed by atoms with Crippen LogP contribution in [0.1, 0.15) is 50.3 Å². The van der Waals surface area contributed by atoms with E-state index in [0.29, 0.717) is 12.1 Å². The highest BCUT2D eigenvalue weighted by atomic mass is 15.3. The number of anilines is 1. The fourth-order valence-electron chi connectivity index (χ4n) is 4.40. The maximum absolute atomic E-state index is 4.86. The molecule has 4 nitrogen and oxygen atoms in total. The number of aryl methyl sites for hydroxylation is 1. The first-order chi connectivity index (χ1) is 9.81. The lowest BCUT2D eigenvalue weighted by Crippen LogP contribution is -2.40. The summed E-state index contributed by atoms with van der Waals surface area (Å²) in [5.74, 6) is 2.07. The minimum atomic E-state index is 0.692. The first-order valence-corrected chi connectivity index (χ1v) is 8.35. The van der Waals surface area contributed by atoms with Gasteiger partial charge in [-0.3, -0.25) is 0 Å². The third kappa shape index (κ3) is 2.14. The normalized spacial score (nSPS) is 30.9. The van der Waals surface area contributed by atoms with Crippen molar-refractivity contribution < 1.29 is 0 Å². The number of piperidine rings is 1. The smallest absolute Gasteiger partial charge is 0.206 e. The maximum Gasteiger partial charge on any atom is 0.206 e. The molecule has 3 aliphatic rings. The maximum atomic E-state index is 4.86. The number of aromatic nitrogens is 2. The molecule has 2 aliphatic heterocycles. The quantitative estimate of drug-likeness (QED) is 0.899. The summed E-state index contributed by atoms with van der Waals surface area (Å²) in [5.41, 5.74) is 1.18. The van der Waals surface area contributed by atoms with Crippen LogP contribution >= 0.6 is 0 Å². The van der Waals surface area contributed by atoms with Crippen molar-refractivity contribution in [1.82, 2.24) is 14.9 Å². The van der Waals surface area contributed by atoms with Gasteiger partial charge >= 0.3 is 0 Å². The van der Waals surface area contributed by atoms with Crippen LogP contribution in [0.5, 0.6) is 0 Å². The lowest BCUT2D eigenvalue weighted by Gasteiger charge is -2.24. The van der Waals surface area contributed by atoms with Gasteiger partial charge in [0.05, 0.1) is 5.69 Å². The molecule has 2 saturated heterocycles. The van der Waals surface area contributed by atoms with Crippen molar-refractivity contribution in [2.75, 3.05) is 24.5 Å². The van der Waals surface area contributed by atoms with E-state index in [-0.39, 0.29) is 0 Å². The van der Waals surface area contributed by atoms with Crippen molar-refractivity contribution in [1.29, 1.82) is 0 Å². The zero-order valence-electron chi connectivity index (χ0n) is 12.5. The molecule has 0 amide bonds. The van der Waals surface area contributed by atoms with Crippen molar-refractivity contribution in [2.24, 2.45) is 5.92 Å². The van der Waals surface area contributed by atoms with E-state index in [1.807, 2.05) is 0 Å². The Morgan fingerprint density at radius 1 is 1.15 bits per heavy atom. The third-order valence-electron chi connectivity index (χ3n) is 5.43. The summed E-state index contributed by atoms with van der Waals surface area (Å²) < 4.78 is 2.49. The lowest BCUT2D eigenvalue weighted by atomic mass is 9.94. The molecular weight excluding hydrogens is 248 g/mol. The molecule has 2 atom stereocenters. The van der Waals surface area contributed by atoms with Gasteiger partial charge in [0.1, 0.15) is 0 Å². The molecule has 1 N–H and O–H groups in total. The molecule has 1 aromatic rings. The van der Waals surface area contributed by atoms with Gasteiger partial charge in [-0.25, -0.2) is 4.98 Å². The lowest BCUT2D eigenvalue weighted by molar-refractivity contribution is 0.340. The zero-order chi connectivity index (χ0) is 13.5. The zero-order valence-corrected chi connectivity index (χ0v) is 12.5. The van der Waals surface area contributed by atoms with E-state index in [4.69, 9.17) is 4.98 Å². The van der Waals surface area contributed by atoms with Gasteiger partial charge in [0, 0.05) is 31.4 Å². The van der Waals surface area contributed by atoms with Crippen molar-refractivity contribution in [2.45, 2.75) is 57.5 Å². The number of hydrogen-bond donors (Lipinski definition) is 1. The van der Waals surface area contributed by atoms with Crippen LogP contribution in [0.15, 0.2) is 6.20 Å². The molecule has 0 spiro atoms. The van der Waals surface area contributed by atoms with Crippen LogP contribution < -0.4 is 10.2 Å². The summed E-state index contributed by atoms with van der Waals surface area (Å²) in [6.45, 7) is 5.68. The first kappa shape index (κ1) is 12.7. The Hall–Kier alpha value is -1.03. The number of imidazole rings is 1. The molecule has 0 aromatic carbocycles. The van der Waals surface area contributed by atoms with Gasteiger partial charge in [0.25, 0.3) is 0 Å². The average molecular weight is 274 g/mol. The minimum Gasteiger partial charge on any atom is -0.340 e. The van der Waals surface area contributed by atoms with Crippen LogP contribution in [0.25, 0.3) is 0 Å². The molecule has 1 aromatic heterocycles. The summed E-state index contributed by atoms with van der Waals surface area (Å²) in [5, 5.41) is 3.70. The average Bonchev–Trinajstić information content (AvgIpc) is 3.16. The number of nitrogens with one attached hydrogen (secondary N) is 1.